The van der Waals surface area contributed by atoms with Gasteiger partial charge in [0, 0.05) is 11.3 Å². The van der Waals surface area contributed by atoms with Crippen LogP contribution in [0.15, 0.2) is 67.3 Å². The van der Waals surface area contributed by atoms with Crippen molar-refractivity contribution in [2.45, 2.75) is 48.3 Å². The summed E-state index contributed by atoms with van der Waals surface area (Å²) in [6, 6.07) is 14.6. The van der Waals surface area contributed by atoms with Crippen LogP contribution >= 0.6 is 23.4 Å². The highest BCUT2D eigenvalue weighted by atomic mass is 35.5. The molecule has 2 amide bonds. The van der Waals surface area contributed by atoms with Crippen LogP contribution in [0.3, 0.4) is 0 Å². The maximum atomic E-state index is 14.7. The van der Waals surface area contributed by atoms with E-state index < -0.39 is 39.4 Å². The molecule has 0 aliphatic carbocycles. The van der Waals surface area contributed by atoms with E-state index in [0.717, 1.165) is 0 Å². The number of nitrogens with zero attached hydrogens (tertiary/aromatic N) is 2. The Morgan fingerprint density at radius 3 is 2.56 bits per heavy atom. The fourth-order valence-electron chi connectivity index (χ4n) is 6.85. The Kier molecular flexibility index (Phi) is 7.57. The Bertz CT molecular complexity index is 1290. The van der Waals surface area contributed by atoms with Crippen molar-refractivity contribution in [3.05, 3.63) is 77.8 Å². The molecule has 3 saturated heterocycles. The van der Waals surface area contributed by atoms with Crippen molar-refractivity contribution in [2.24, 2.45) is 11.8 Å². The molecule has 206 valence electrons. The molecule has 39 heavy (non-hydrogen) atoms. The number of fused-ring (bicyclic) bond motifs is 1. The first-order chi connectivity index (χ1) is 18.7. The lowest BCUT2D eigenvalue weighted by atomic mass is 9.66. The molecule has 5 rings (SSSR count). The predicted molar refractivity (Wildman–Crippen MR) is 152 cm³/mol. The molecule has 3 heterocycles. The number of benzene rings is 2. The Hall–Kier alpha value is -2.81. The molecular formula is C30H33ClN2O5S. The Labute approximate surface area is 238 Å². The average molecular weight is 569 g/mol. The minimum atomic E-state index is -0.935. The first-order valence-electron chi connectivity index (χ1n) is 13.3. The summed E-state index contributed by atoms with van der Waals surface area (Å²) in [4.78, 5) is 45.7. The van der Waals surface area contributed by atoms with Gasteiger partial charge in [-0.25, -0.2) is 0 Å². The third-order valence-electron chi connectivity index (χ3n) is 8.40. The highest BCUT2D eigenvalue weighted by molar-refractivity contribution is 8.02. The van der Waals surface area contributed by atoms with Crippen molar-refractivity contribution < 1.29 is 24.2 Å². The van der Waals surface area contributed by atoms with Crippen molar-refractivity contribution in [2.75, 3.05) is 24.7 Å². The topological polar surface area (TPSA) is 87.2 Å². The Balaban J connectivity index is 1.68. The number of thioether (sulfide) groups is 1. The molecule has 1 spiro atoms. The van der Waals surface area contributed by atoms with Crippen molar-refractivity contribution in [1.29, 1.82) is 0 Å². The molecule has 9 heteroatoms. The van der Waals surface area contributed by atoms with Crippen molar-refractivity contribution in [1.82, 2.24) is 4.90 Å². The van der Waals surface area contributed by atoms with Crippen LogP contribution < -0.4 is 4.90 Å². The monoisotopic (exact) mass is 568 g/mol. The van der Waals surface area contributed by atoms with E-state index in [2.05, 4.69) is 6.58 Å². The molecule has 0 aromatic heterocycles. The second kappa shape index (κ2) is 10.6. The third kappa shape index (κ3) is 4.28. The number of carbonyl (C=O) groups excluding carboxylic acids is 3. The zero-order valence-corrected chi connectivity index (χ0v) is 23.7. The van der Waals surface area contributed by atoms with Gasteiger partial charge in [0.15, 0.2) is 0 Å². The summed E-state index contributed by atoms with van der Waals surface area (Å²) in [5.74, 6) is -2.46. The lowest BCUT2D eigenvalue weighted by Crippen LogP contribution is -2.56. The number of likely N-dealkylation sites (tertiary alicyclic amines) is 1. The van der Waals surface area contributed by atoms with Crippen LogP contribution in [0.4, 0.5) is 5.69 Å². The van der Waals surface area contributed by atoms with E-state index in [0.29, 0.717) is 29.1 Å². The SMILES string of the molecule is C=CCN(C(=O)C1N([C@H](CO)c2ccccc2)C(=O)[C@@H]2[C@H](C(=O)OCC)[C@]3(C)CCC12S3)c1ccccc1Cl. The number of anilines is 1. The fraction of sp³-hybridized carbons (Fsp3) is 0.433. The van der Waals surface area contributed by atoms with Crippen molar-refractivity contribution in [3.8, 4) is 0 Å². The van der Waals surface area contributed by atoms with E-state index in [1.165, 1.54) is 0 Å². The van der Waals surface area contributed by atoms with Gasteiger partial charge in [-0.1, -0.05) is 60.1 Å². The molecular weight excluding hydrogens is 536 g/mol. The zero-order valence-electron chi connectivity index (χ0n) is 22.1. The minimum absolute atomic E-state index is 0.181. The number of aliphatic hydroxyl groups is 1. The molecule has 6 atom stereocenters. The number of ether oxygens (including phenoxy) is 1. The van der Waals surface area contributed by atoms with Crippen LogP contribution in [0.25, 0.3) is 0 Å². The number of halogens is 1. The molecule has 3 fully saturated rings. The molecule has 2 unspecified atom stereocenters. The second-order valence-electron chi connectivity index (χ2n) is 10.5. The maximum absolute atomic E-state index is 14.7. The molecule has 0 radical (unpaired) electrons. The molecule has 2 bridgehead atoms. The van der Waals surface area contributed by atoms with Gasteiger partial charge in [0.25, 0.3) is 5.91 Å². The zero-order chi connectivity index (χ0) is 27.9. The van der Waals surface area contributed by atoms with Gasteiger partial charge in [0.05, 0.1) is 46.5 Å². The molecule has 0 saturated carbocycles. The fourth-order valence-corrected chi connectivity index (χ4v) is 9.42. The molecule has 2 aromatic carbocycles. The van der Waals surface area contributed by atoms with Crippen LogP contribution in [-0.2, 0) is 19.1 Å². The number of hydrogen-bond acceptors (Lipinski definition) is 6. The molecule has 2 aromatic rings. The first kappa shape index (κ1) is 27.7. The lowest BCUT2D eigenvalue weighted by molar-refractivity contribution is -0.155. The van der Waals surface area contributed by atoms with Gasteiger partial charge >= 0.3 is 5.97 Å². The number of aliphatic hydroxyl groups excluding tert-OH is 1. The largest absolute Gasteiger partial charge is 0.466 e. The lowest BCUT2D eigenvalue weighted by Gasteiger charge is -2.40. The number of esters is 1. The molecule has 7 nitrogen and oxygen atoms in total. The van der Waals surface area contributed by atoms with Gasteiger partial charge in [0.1, 0.15) is 6.04 Å². The summed E-state index contributed by atoms with van der Waals surface area (Å²) in [5, 5.41) is 11.0. The second-order valence-corrected chi connectivity index (χ2v) is 12.8. The Morgan fingerprint density at radius 2 is 1.92 bits per heavy atom. The number of hydrogen-bond donors (Lipinski definition) is 1. The number of para-hydroxylation sites is 1. The van der Waals surface area contributed by atoms with Gasteiger partial charge < -0.3 is 19.6 Å². The van der Waals surface area contributed by atoms with Crippen LogP contribution in [0, 0.1) is 11.8 Å². The van der Waals surface area contributed by atoms with Crippen molar-refractivity contribution in [3.63, 3.8) is 0 Å². The molecule has 3 aliphatic rings. The third-order valence-corrected chi connectivity index (χ3v) is 10.7. The maximum Gasteiger partial charge on any atom is 0.311 e. The standard InChI is InChI=1S/C30H33ClN2O5S/c1-4-17-32(21-14-10-9-13-20(21)31)27(36)25-30-16-15-29(3,39-30)24(28(37)38-5-2)23(30)26(35)33(25)22(18-34)19-11-7-6-8-12-19/h4,6-14,22-25,34H,1,5,15-18H2,2-3H3/t22-,23+,24-,25?,29+,30?/m1/s1. The Morgan fingerprint density at radius 1 is 1.23 bits per heavy atom. The average Bonchev–Trinajstić information content (AvgIpc) is 3.50. The summed E-state index contributed by atoms with van der Waals surface area (Å²) in [5.41, 5.74) is 1.23. The quantitative estimate of drug-likeness (QED) is 0.350. The number of amides is 2. The minimum Gasteiger partial charge on any atom is -0.466 e. The van der Waals surface area contributed by atoms with Gasteiger partial charge in [0.2, 0.25) is 5.91 Å². The highest BCUT2D eigenvalue weighted by Gasteiger charge is 2.78. The smallest absolute Gasteiger partial charge is 0.311 e. The first-order valence-corrected chi connectivity index (χ1v) is 14.4. The number of rotatable bonds is 9. The summed E-state index contributed by atoms with van der Waals surface area (Å²) in [6.45, 7) is 7.62. The normalized spacial score (nSPS) is 29.7. The van der Waals surface area contributed by atoms with Gasteiger partial charge in [-0.3, -0.25) is 14.4 Å². The summed E-state index contributed by atoms with van der Waals surface area (Å²) in [7, 11) is 0. The molecule has 1 N–H and O–H groups in total. The predicted octanol–water partition coefficient (Wildman–Crippen LogP) is 4.64. The van der Waals surface area contributed by atoms with Crippen LogP contribution in [0.2, 0.25) is 5.02 Å². The van der Waals surface area contributed by atoms with E-state index >= 15 is 0 Å². The summed E-state index contributed by atoms with van der Waals surface area (Å²) >= 11 is 8.12. The van der Waals surface area contributed by atoms with Gasteiger partial charge in [-0.15, -0.1) is 18.3 Å². The van der Waals surface area contributed by atoms with Crippen LogP contribution in [-0.4, -0.2) is 63.1 Å². The van der Waals surface area contributed by atoms with E-state index in [9.17, 15) is 19.5 Å². The highest BCUT2D eigenvalue weighted by Crippen LogP contribution is 2.72. The van der Waals surface area contributed by atoms with E-state index in [1.54, 1.807) is 58.8 Å². The summed E-state index contributed by atoms with van der Waals surface area (Å²) < 4.78 is 4.08. The summed E-state index contributed by atoms with van der Waals surface area (Å²) in [6.07, 6.45) is 2.89. The van der Waals surface area contributed by atoms with E-state index in [4.69, 9.17) is 16.3 Å². The van der Waals surface area contributed by atoms with Crippen LogP contribution in [0.1, 0.15) is 38.3 Å². The van der Waals surface area contributed by atoms with Crippen LogP contribution in [0.5, 0.6) is 0 Å². The van der Waals surface area contributed by atoms with Crippen molar-refractivity contribution >= 4 is 46.8 Å². The molecule has 3 aliphatic heterocycles. The van der Waals surface area contributed by atoms with E-state index in [1.807, 2.05) is 37.3 Å². The number of carbonyl (C=O) groups is 3. The van der Waals surface area contributed by atoms with Gasteiger partial charge in [-0.05, 0) is 44.4 Å². The van der Waals surface area contributed by atoms with Gasteiger partial charge in [-0.2, -0.15) is 0 Å². The van der Waals surface area contributed by atoms with E-state index in [-0.39, 0.29) is 31.6 Å².